The smallest absolute Gasteiger partial charge is 0.195 e. The number of guanidine groups is 2. The zero-order chi connectivity index (χ0) is 7.98. The molecule has 5 nitrogen and oxygen atoms in total. The van der Waals surface area contributed by atoms with Gasteiger partial charge in [0.1, 0.15) is 0 Å². The fourth-order valence-corrected chi connectivity index (χ4v) is 0.353. The molecule has 0 saturated carbocycles. The van der Waals surface area contributed by atoms with Crippen molar-refractivity contribution in [1.82, 2.24) is 10.6 Å². The molecule has 0 aliphatic heterocycles. The van der Waals surface area contributed by atoms with Crippen molar-refractivity contribution in [3.63, 3.8) is 0 Å². The highest BCUT2D eigenvalue weighted by Gasteiger charge is 1.91. The van der Waals surface area contributed by atoms with Crippen molar-refractivity contribution in [2.45, 2.75) is 0 Å². The Morgan fingerprint density at radius 3 is 2.60 bits per heavy atom. The first-order valence-electron chi connectivity index (χ1n) is 2.71. The summed E-state index contributed by atoms with van der Waals surface area (Å²) >= 11 is 0. The van der Waals surface area contributed by atoms with E-state index in [1.54, 1.807) is 6.08 Å². The molecule has 0 spiro atoms. The zero-order valence-corrected chi connectivity index (χ0v) is 5.57. The molecule has 6 N–H and O–H groups in total. The van der Waals surface area contributed by atoms with Gasteiger partial charge in [-0.2, -0.15) is 0 Å². The van der Waals surface area contributed by atoms with E-state index < -0.39 is 0 Å². The molecular weight excluding hydrogens is 130 g/mol. The lowest BCUT2D eigenvalue weighted by atomic mass is 10.6. The van der Waals surface area contributed by atoms with Crippen molar-refractivity contribution in [3.05, 3.63) is 12.7 Å². The van der Waals surface area contributed by atoms with Gasteiger partial charge in [0, 0.05) is 6.54 Å². The van der Waals surface area contributed by atoms with E-state index >= 15 is 0 Å². The van der Waals surface area contributed by atoms with Gasteiger partial charge in [0.15, 0.2) is 11.9 Å². The summed E-state index contributed by atoms with van der Waals surface area (Å²) in [6, 6.07) is 0. The quantitative estimate of drug-likeness (QED) is 0.197. The fourth-order valence-electron chi connectivity index (χ4n) is 0.353. The molecule has 0 amide bonds. The molecule has 0 aliphatic carbocycles. The van der Waals surface area contributed by atoms with Crippen LogP contribution in [0.25, 0.3) is 0 Å². The van der Waals surface area contributed by atoms with E-state index in [-0.39, 0.29) is 11.9 Å². The van der Waals surface area contributed by atoms with Gasteiger partial charge in [0.05, 0.1) is 0 Å². The third-order valence-corrected chi connectivity index (χ3v) is 0.683. The van der Waals surface area contributed by atoms with Crippen LogP contribution in [0.5, 0.6) is 0 Å². The van der Waals surface area contributed by atoms with Crippen LogP contribution in [0.3, 0.4) is 0 Å². The number of nitrogens with one attached hydrogen (secondary N) is 4. The van der Waals surface area contributed by atoms with Crippen LogP contribution >= 0.6 is 0 Å². The highest BCUT2D eigenvalue weighted by molar-refractivity contribution is 5.94. The summed E-state index contributed by atoms with van der Waals surface area (Å²) < 4.78 is 0. The molecule has 0 aromatic rings. The second kappa shape index (κ2) is 4.37. The minimum atomic E-state index is -0.249. The Morgan fingerprint density at radius 2 is 2.20 bits per heavy atom. The van der Waals surface area contributed by atoms with Crippen LogP contribution in [-0.4, -0.2) is 18.5 Å². The summed E-state index contributed by atoms with van der Waals surface area (Å²) in [6.45, 7) is 3.93. The highest BCUT2D eigenvalue weighted by atomic mass is 15.2. The van der Waals surface area contributed by atoms with E-state index in [1.807, 2.05) is 0 Å². The number of rotatable bonds is 2. The van der Waals surface area contributed by atoms with Gasteiger partial charge in [-0.25, -0.2) is 0 Å². The SMILES string of the molecule is C=CCNC(=N)NC(=N)N. The first-order chi connectivity index (χ1) is 4.66. The van der Waals surface area contributed by atoms with Gasteiger partial charge >= 0.3 is 0 Å². The van der Waals surface area contributed by atoms with Crippen LogP contribution < -0.4 is 16.4 Å². The third kappa shape index (κ3) is 4.63. The van der Waals surface area contributed by atoms with Crippen LogP contribution in [0.4, 0.5) is 0 Å². The van der Waals surface area contributed by atoms with Crippen molar-refractivity contribution >= 4 is 11.9 Å². The molecule has 0 rings (SSSR count). The second-order valence-electron chi connectivity index (χ2n) is 1.58. The van der Waals surface area contributed by atoms with Gasteiger partial charge in [-0.1, -0.05) is 6.08 Å². The molecule has 0 saturated heterocycles. The molecular formula is C5H11N5. The molecule has 0 aromatic carbocycles. The van der Waals surface area contributed by atoms with Crippen LogP contribution in [-0.2, 0) is 0 Å². The Bertz CT molecular complexity index is 150. The molecule has 56 valence electrons. The topological polar surface area (TPSA) is 97.8 Å². The van der Waals surface area contributed by atoms with Gasteiger partial charge in [0.25, 0.3) is 0 Å². The number of hydrogen-bond acceptors (Lipinski definition) is 2. The van der Waals surface area contributed by atoms with Gasteiger partial charge in [0.2, 0.25) is 0 Å². The largest absolute Gasteiger partial charge is 0.370 e. The van der Waals surface area contributed by atoms with Crippen LogP contribution in [0.15, 0.2) is 12.7 Å². The zero-order valence-electron chi connectivity index (χ0n) is 5.57. The Hall–Kier alpha value is -1.52. The lowest BCUT2D eigenvalue weighted by Crippen LogP contribution is -2.43. The summed E-state index contributed by atoms with van der Waals surface area (Å²) in [5, 5.41) is 18.6. The first-order valence-corrected chi connectivity index (χ1v) is 2.71. The molecule has 0 aliphatic rings. The molecule has 0 bridgehead atoms. The molecule has 0 atom stereocenters. The summed E-state index contributed by atoms with van der Waals surface area (Å²) in [5.41, 5.74) is 4.93. The van der Waals surface area contributed by atoms with Crippen molar-refractivity contribution in [3.8, 4) is 0 Å². The standard InChI is InChI=1S/C5H11N5/c1-2-3-9-5(8)10-4(6)7/h2H,1,3H2,(H6,6,7,8,9,10). The maximum absolute atomic E-state index is 7.03. The Morgan fingerprint density at radius 1 is 1.60 bits per heavy atom. The maximum Gasteiger partial charge on any atom is 0.195 e. The van der Waals surface area contributed by atoms with Crippen molar-refractivity contribution in [2.75, 3.05) is 6.54 Å². The Kier molecular flexibility index (Phi) is 3.70. The third-order valence-electron chi connectivity index (χ3n) is 0.683. The Balaban J connectivity index is 3.43. The van der Waals surface area contributed by atoms with E-state index in [9.17, 15) is 0 Å². The minimum absolute atomic E-state index is 0.00685. The molecule has 0 radical (unpaired) electrons. The van der Waals surface area contributed by atoms with E-state index in [0.717, 1.165) is 0 Å². The lowest BCUT2D eigenvalue weighted by molar-refractivity contribution is 0.975. The normalized spacial score (nSPS) is 8.00. The van der Waals surface area contributed by atoms with Gasteiger partial charge in [-0.15, -0.1) is 6.58 Å². The summed E-state index contributed by atoms with van der Waals surface area (Å²) in [5.74, 6) is -0.242. The summed E-state index contributed by atoms with van der Waals surface area (Å²) in [7, 11) is 0. The van der Waals surface area contributed by atoms with Crippen molar-refractivity contribution in [1.29, 1.82) is 10.8 Å². The van der Waals surface area contributed by atoms with E-state index in [2.05, 4.69) is 17.2 Å². The minimum Gasteiger partial charge on any atom is -0.370 e. The molecule has 5 heteroatoms. The van der Waals surface area contributed by atoms with Crippen LogP contribution in [0, 0.1) is 10.8 Å². The lowest BCUT2D eigenvalue weighted by Gasteiger charge is -2.05. The molecule has 0 fully saturated rings. The summed E-state index contributed by atoms with van der Waals surface area (Å²) in [4.78, 5) is 0. The molecule has 0 unspecified atom stereocenters. The predicted molar refractivity (Wildman–Crippen MR) is 41.0 cm³/mol. The molecule has 10 heavy (non-hydrogen) atoms. The number of hydrogen-bond donors (Lipinski definition) is 5. The van der Waals surface area contributed by atoms with E-state index in [0.29, 0.717) is 6.54 Å². The number of nitrogens with two attached hydrogens (primary N) is 1. The Labute approximate surface area is 59.3 Å². The predicted octanol–water partition coefficient (Wildman–Crippen LogP) is -0.820. The monoisotopic (exact) mass is 141 g/mol. The molecule has 0 aromatic heterocycles. The fraction of sp³-hybridized carbons (Fsp3) is 0.200. The average molecular weight is 141 g/mol. The summed E-state index contributed by atoms with van der Waals surface area (Å²) in [6.07, 6.45) is 1.61. The van der Waals surface area contributed by atoms with Crippen molar-refractivity contribution in [2.24, 2.45) is 5.73 Å². The van der Waals surface area contributed by atoms with Gasteiger partial charge in [-0.05, 0) is 0 Å². The van der Waals surface area contributed by atoms with Crippen LogP contribution in [0.2, 0.25) is 0 Å². The van der Waals surface area contributed by atoms with Crippen molar-refractivity contribution < 1.29 is 0 Å². The maximum atomic E-state index is 7.03. The highest BCUT2D eigenvalue weighted by Crippen LogP contribution is 1.60. The van der Waals surface area contributed by atoms with E-state index in [1.165, 1.54) is 0 Å². The van der Waals surface area contributed by atoms with Gasteiger partial charge < -0.3 is 11.1 Å². The molecule has 0 heterocycles. The average Bonchev–Trinajstić information content (AvgIpc) is 1.82. The van der Waals surface area contributed by atoms with Gasteiger partial charge in [-0.3, -0.25) is 16.1 Å². The first kappa shape index (κ1) is 8.48. The van der Waals surface area contributed by atoms with E-state index in [4.69, 9.17) is 16.6 Å². The van der Waals surface area contributed by atoms with Crippen LogP contribution in [0.1, 0.15) is 0 Å². The second-order valence-corrected chi connectivity index (χ2v) is 1.58.